The van der Waals surface area contributed by atoms with Crippen molar-refractivity contribution in [3.05, 3.63) is 34.6 Å². The van der Waals surface area contributed by atoms with E-state index < -0.39 is 53.7 Å². The molecule has 100 valence electrons. The third kappa shape index (κ3) is 2.76. The lowest BCUT2D eigenvalue weighted by atomic mass is 10.1. The van der Waals surface area contributed by atoms with Gasteiger partial charge in [0.1, 0.15) is 0 Å². The lowest BCUT2D eigenvalue weighted by molar-refractivity contribution is -0.138. The highest BCUT2D eigenvalue weighted by atomic mass is 19.2. The highest BCUT2D eigenvalue weighted by molar-refractivity contribution is 5.69. The van der Waals surface area contributed by atoms with Crippen LogP contribution in [0.2, 0.25) is 0 Å². The molecule has 0 radical (unpaired) electrons. The van der Waals surface area contributed by atoms with Gasteiger partial charge in [0.05, 0.1) is 6.54 Å². The van der Waals surface area contributed by atoms with Crippen molar-refractivity contribution in [3.63, 3.8) is 0 Å². The molecule has 0 fully saturated rings. The van der Waals surface area contributed by atoms with Crippen molar-refractivity contribution in [3.8, 4) is 0 Å². The van der Waals surface area contributed by atoms with Crippen molar-refractivity contribution >= 4 is 5.97 Å². The van der Waals surface area contributed by atoms with E-state index in [1.165, 1.54) is 7.05 Å². The Labute approximate surface area is 98.4 Å². The van der Waals surface area contributed by atoms with Crippen molar-refractivity contribution in [2.45, 2.75) is 6.54 Å². The molecule has 1 rings (SSSR count). The maximum absolute atomic E-state index is 13.2. The van der Waals surface area contributed by atoms with Gasteiger partial charge in [-0.2, -0.15) is 0 Å². The Balaban J connectivity index is 3.13. The molecule has 0 bridgehead atoms. The number of nitrogens with zero attached hydrogens (tertiary/aromatic N) is 1. The van der Waals surface area contributed by atoms with Crippen LogP contribution in [0.15, 0.2) is 0 Å². The zero-order valence-electron chi connectivity index (χ0n) is 9.11. The second kappa shape index (κ2) is 5.30. The first-order chi connectivity index (χ1) is 8.25. The molecule has 0 saturated heterocycles. The van der Waals surface area contributed by atoms with Gasteiger partial charge in [0.2, 0.25) is 5.82 Å². The minimum Gasteiger partial charge on any atom is -0.480 e. The van der Waals surface area contributed by atoms with Gasteiger partial charge in [0, 0.05) is 12.1 Å². The smallest absolute Gasteiger partial charge is 0.317 e. The third-order valence-electron chi connectivity index (χ3n) is 2.13. The van der Waals surface area contributed by atoms with Crippen molar-refractivity contribution in [2.24, 2.45) is 0 Å². The van der Waals surface area contributed by atoms with Crippen LogP contribution in [-0.2, 0) is 11.3 Å². The SMILES string of the molecule is CN(CC(=O)O)Cc1c(F)c(F)c(F)c(F)c1F. The number of hydrogen-bond acceptors (Lipinski definition) is 2. The maximum Gasteiger partial charge on any atom is 0.317 e. The van der Waals surface area contributed by atoms with Crippen LogP contribution in [0, 0.1) is 29.1 Å². The Kier molecular flexibility index (Phi) is 4.23. The Morgan fingerprint density at radius 3 is 1.78 bits per heavy atom. The van der Waals surface area contributed by atoms with Crippen LogP contribution in [0.4, 0.5) is 22.0 Å². The van der Waals surface area contributed by atoms with Crippen LogP contribution in [-0.4, -0.2) is 29.6 Å². The standard InChI is InChI=1S/C10H8F5NO2/c1-16(3-5(17)18)2-4-6(11)8(13)10(15)9(14)7(4)12/h2-3H2,1H3,(H,17,18). The lowest BCUT2D eigenvalue weighted by Gasteiger charge is -2.15. The largest absolute Gasteiger partial charge is 0.480 e. The molecule has 1 aromatic carbocycles. The molecular weight excluding hydrogens is 261 g/mol. The molecule has 0 spiro atoms. The summed E-state index contributed by atoms with van der Waals surface area (Å²) in [6.07, 6.45) is 0. The summed E-state index contributed by atoms with van der Waals surface area (Å²) >= 11 is 0. The maximum atomic E-state index is 13.2. The molecule has 0 amide bonds. The van der Waals surface area contributed by atoms with E-state index in [1.807, 2.05) is 0 Å². The molecule has 0 unspecified atom stereocenters. The van der Waals surface area contributed by atoms with Gasteiger partial charge < -0.3 is 5.11 Å². The molecule has 8 heteroatoms. The first-order valence-corrected chi connectivity index (χ1v) is 4.66. The number of hydrogen-bond donors (Lipinski definition) is 1. The fourth-order valence-corrected chi connectivity index (χ4v) is 1.35. The molecule has 1 N–H and O–H groups in total. The summed E-state index contributed by atoms with van der Waals surface area (Å²) in [6.45, 7) is -1.31. The van der Waals surface area contributed by atoms with E-state index in [1.54, 1.807) is 0 Å². The van der Waals surface area contributed by atoms with E-state index in [2.05, 4.69) is 0 Å². The fraction of sp³-hybridized carbons (Fsp3) is 0.300. The lowest BCUT2D eigenvalue weighted by Crippen LogP contribution is -2.26. The van der Waals surface area contributed by atoms with Crippen molar-refractivity contribution in [1.82, 2.24) is 4.90 Å². The van der Waals surface area contributed by atoms with Gasteiger partial charge in [0.15, 0.2) is 23.3 Å². The average Bonchev–Trinajstić information content (AvgIpc) is 2.29. The van der Waals surface area contributed by atoms with Crippen molar-refractivity contribution in [1.29, 1.82) is 0 Å². The number of benzene rings is 1. The van der Waals surface area contributed by atoms with Gasteiger partial charge in [-0.15, -0.1) is 0 Å². The number of carboxylic acids is 1. The molecule has 0 saturated carbocycles. The minimum absolute atomic E-state index is 0.598. The summed E-state index contributed by atoms with van der Waals surface area (Å²) in [5.74, 6) is -11.5. The average molecular weight is 269 g/mol. The van der Waals surface area contributed by atoms with E-state index in [-0.39, 0.29) is 0 Å². The van der Waals surface area contributed by atoms with Crippen LogP contribution < -0.4 is 0 Å². The number of halogens is 5. The van der Waals surface area contributed by atoms with Crippen LogP contribution in [0.3, 0.4) is 0 Å². The van der Waals surface area contributed by atoms with Gasteiger partial charge in [0.25, 0.3) is 0 Å². The number of rotatable bonds is 4. The molecule has 0 aromatic heterocycles. The molecule has 18 heavy (non-hydrogen) atoms. The summed E-state index contributed by atoms with van der Waals surface area (Å²) in [7, 11) is 1.17. The topological polar surface area (TPSA) is 40.5 Å². The van der Waals surface area contributed by atoms with Crippen LogP contribution >= 0.6 is 0 Å². The molecule has 0 aliphatic carbocycles. The van der Waals surface area contributed by atoms with E-state index >= 15 is 0 Å². The Bertz CT molecular complexity index is 463. The Morgan fingerprint density at radius 2 is 1.39 bits per heavy atom. The first-order valence-electron chi connectivity index (χ1n) is 4.66. The number of carboxylic acid groups (broad SMARTS) is 1. The highest BCUT2D eigenvalue weighted by Gasteiger charge is 2.26. The van der Waals surface area contributed by atoms with Gasteiger partial charge in [-0.05, 0) is 7.05 Å². The molecular formula is C10H8F5NO2. The van der Waals surface area contributed by atoms with E-state index in [0.29, 0.717) is 0 Å². The summed E-state index contributed by atoms with van der Waals surface area (Å²) < 4.78 is 64.8. The van der Waals surface area contributed by atoms with Crippen LogP contribution in [0.1, 0.15) is 5.56 Å². The summed E-state index contributed by atoms with van der Waals surface area (Å²) in [5.41, 5.74) is -1.06. The third-order valence-corrected chi connectivity index (χ3v) is 2.13. The first kappa shape index (κ1) is 14.4. The van der Waals surface area contributed by atoms with E-state index in [9.17, 15) is 26.7 Å². The Hall–Kier alpha value is -1.70. The molecule has 0 aliphatic heterocycles. The zero-order valence-corrected chi connectivity index (χ0v) is 9.11. The predicted octanol–water partition coefficient (Wildman–Crippen LogP) is 1.90. The molecule has 1 aromatic rings. The minimum atomic E-state index is -2.24. The number of carbonyl (C=O) groups is 1. The fourth-order valence-electron chi connectivity index (χ4n) is 1.35. The van der Waals surface area contributed by atoms with Crippen LogP contribution in [0.5, 0.6) is 0 Å². The summed E-state index contributed by atoms with van der Waals surface area (Å²) in [5, 5.41) is 8.42. The predicted molar refractivity (Wildman–Crippen MR) is 50.2 cm³/mol. The van der Waals surface area contributed by atoms with Crippen molar-refractivity contribution in [2.75, 3.05) is 13.6 Å². The van der Waals surface area contributed by atoms with Crippen LogP contribution in [0.25, 0.3) is 0 Å². The van der Waals surface area contributed by atoms with Gasteiger partial charge in [-0.3, -0.25) is 9.69 Å². The van der Waals surface area contributed by atoms with Gasteiger partial charge >= 0.3 is 5.97 Å². The summed E-state index contributed by atoms with van der Waals surface area (Å²) in [4.78, 5) is 11.2. The molecule has 0 atom stereocenters. The molecule has 3 nitrogen and oxygen atoms in total. The number of likely N-dealkylation sites (N-methyl/N-ethyl adjacent to an activating group) is 1. The van der Waals surface area contributed by atoms with E-state index in [4.69, 9.17) is 5.11 Å². The second-order valence-electron chi connectivity index (χ2n) is 3.61. The van der Waals surface area contributed by atoms with Crippen molar-refractivity contribution < 1.29 is 31.9 Å². The van der Waals surface area contributed by atoms with E-state index in [0.717, 1.165) is 4.90 Å². The second-order valence-corrected chi connectivity index (χ2v) is 3.61. The number of aliphatic carboxylic acids is 1. The monoisotopic (exact) mass is 269 g/mol. The quantitative estimate of drug-likeness (QED) is 0.515. The molecule has 0 heterocycles. The highest BCUT2D eigenvalue weighted by Crippen LogP contribution is 2.23. The zero-order chi connectivity index (χ0) is 14.0. The van der Waals surface area contributed by atoms with Gasteiger partial charge in [-0.1, -0.05) is 0 Å². The Morgan fingerprint density at radius 1 is 1.00 bits per heavy atom. The summed E-state index contributed by atoms with van der Waals surface area (Å²) in [6, 6.07) is 0. The normalized spacial score (nSPS) is 11.1. The van der Waals surface area contributed by atoms with Gasteiger partial charge in [-0.25, -0.2) is 22.0 Å². The molecule has 0 aliphatic rings.